The van der Waals surface area contributed by atoms with Gasteiger partial charge in [-0.15, -0.1) is 0 Å². The fraction of sp³-hybridized carbons (Fsp3) is 0.909. The molecular formula is C11H20N2OS. The summed E-state index contributed by atoms with van der Waals surface area (Å²) in [5.74, 6) is -0.322. The molecule has 15 heavy (non-hydrogen) atoms. The molecule has 2 unspecified atom stereocenters. The van der Waals surface area contributed by atoms with Crippen molar-refractivity contribution in [1.29, 1.82) is 0 Å². The van der Waals surface area contributed by atoms with E-state index in [1.54, 1.807) is 0 Å². The number of amides is 1. The van der Waals surface area contributed by atoms with E-state index in [0.29, 0.717) is 5.25 Å². The Bertz CT molecular complexity index is 253. The second kappa shape index (κ2) is 4.34. The second-order valence-electron chi connectivity index (χ2n) is 4.93. The molecule has 0 aromatic carbocycles. The average Bonchev–Trinajstić information content (AvgIpc) is 2.77. The predicted molar refractivity (Wildman–Crippen MR) is 63.6 cm³/mol. The van der Waals surface area contributed by atoms with Gasteiger partial charge < -0.3 is 11.5 Å². The normalized spacial score (nSPS) is 37.3. The van der Waals surface area contributed by atoms with Gasteiger partial charge >= 0.3 is 0 Å². The van der Waals surface area contributed by atoms with Crippen LogP contribution < -0.4 is 11.5 Å². The van der Waals surface area contributed by atoms with Gasteiger partial charge in [-0.1, -0.05) is 12.8 Å². The molecule has 2 aliphatic carbocycles. The third-order valence-electron chi connectivity index (χ3n) is 3.68. The molecule has 2 rings (SSSR count). The summed E-state index contributed by atoms with van der Waals surface area (Å²) in [4.78, 5) is 11.2. The van der Waals surface area contributed by atoms with Gasteiger partial charge in [0.15, 0.2) is 0 Å². The molecule has 2 saturated carbocycles. The van der Waals surface area contributed by atoms with Crippen LogP contribution in [-0.4, -0.2) is 21.9 Å². The maximum Gasteiger partial charge on any atom is 0.237 e. The lowest BCUT2D eigenvalue weighted by Gasteiger charge is -2.20. The Labute approximate surface area is 95.3 Å². The monoisotopic (exact) mass is 228 g/mol. The number of hydrogen-bond donors (Lipinski definition) is 2. The van der Waals surface area contributed by atoms with E-state index in [1.807, 2.05) is 11.8 Å². The second-order valence-corrected chi connectivity index (χ2v) is 6.53. The van der Waals surface area contributed by atoms with E-state index in [0.717, 1.165) is 24.5 Å². The van der Waals surface area contributed by atoms with E-state index >= 15 is 0 Å². The van der Waals surface area contributed by atoms with Crippen molar-refractivity contribution in [3.63, 3.8) is 0 Å². The maximum atomic E-state index is 11.2. The first-order valence-electron chi connectivity index (χ1n) is 5.84. The van der Waals surface area contributed by atoms with Gasteiger partial charge in [0.2, 0.25) is 5.91 Å². The van der Waals surface area contributed by atoms with Gasteiger partial charge in [0.05, 0.1) is 5.54 Å². The molecule has 0 bridgehead atoms. The van der Waals surface area contributed by atoms with Gasteiger partial charge in [-0.05, 0) is 32.1 Å². The van der Waals surface area contributed by atoms with Crippen molar-refractivity contribution in [2.24, 2.45) is 11.5 Å². The van der Waals surface area contributed by atoms with Crippen molar-refractivity contribution in [2.45, 2.75) is 61.0 Å². The molecule has 2 atom stereocenters. The standard InChI is InChI=1S/C11H20N2OS/c12-10(14)11(13)6-5-9(7-11)15-8-3-1-2-4-8/h8-9H,1-7,13H2,(H2,12,14). The number of carbonyl (C=O) groups excluding carboxylic acids is 1. The first kappa shape index (κ1) is 11.3. The quantitative estimate of drug-likeness (QED) is 0.767. The van der Waals surface area contributed by atoms with E-state index in [2.05, 4.69) is 0 Å². The zero-order valence-corrected chi connectivity index (χ0v) is 9.89. The number of thioether (sulfide) groups is 1. The minimum Gasteiger partial charge on any atom is -0.368 e. The van der Waals surface area contributed by atoms with Crippen LogP contribution in [0.5, 0.6) is 0 Å². The summed E-state index contributed by atoms with van der Waals surface area (Å²) in [5, 5.41) is 1.37. The van der Waals surface area contributed by atoms with E-state index in [1.165, 1.54) is 25.7 Å². The van der Waals surface area contributed by atoms with Crippen LogP contribution in [0.15, 0.2) is 0 Å². The molecule has 4 N–H and O–H groups in total. The summed E-state index contributed by atoms with van der Waals surface area (Å²) in [7, 11) is 0. The highest BCUT2D eigenvalue weighted by Crippen LogP contribution is 2.41. The number of nitrogens with two attached hydrogens (primary N) is 2. The van der Waals surface area contributed by atoms with Gasteiger partial charge in [0, 0.05) is 10.5 Å². The molecule has 2 aliphatic rings. The lowest BCUT2D eigenvalue weighted by molar-refractivity contribution is -0.122. The van der Waals surface area contributed by atoms with E-state index in [9.17, 15) is 4.79 Å². The van der Waals surface area contributed by atoms with Crippen LogP contribution in [0.1, 0.15) is 44.9 Å². The molecule has 0 heterocycles. The smallest absolute Gasteiger partial charge is 0.237 e. The number of carbonyl (C=O) groups is 1. The molecule has 0 aliphatic heterocycles. The molecule has 0 aromatic rings. The lowest BCUT2D eigenvalue weighted by Crippen LogP contribution is -2.50. The average molecular weight is 228 g/mol. The molecule has 2 fully saturated rings. The Kier molecular flexibility index (Phi) is 3.26. The highest BCUT2D eigenvalue weighted by atomic mass is 32.2. The van der Waals surface area contributed by atoms with E-state index in [4.69, 9.17) is 11.5 Å². The fourth-order valence-electron chi connectivity index (χ4n) is 2.67. The van der Waals surface area contributed by atoms with Crippen LogP contribution in [0, 0.1) is 0 Å². The van der Waals surface area contributed by atoms with Crippen LogP contribution in [0.3, 0.4) is 0 Å². The first-order chi connectivity index (χ1) is 7.10. The van der Waals surface area contributed by atoms with Gasteiger partial charge in [-0.25, -0.2) is 0 Å². The van der Waals surface area contributed by atoms with Crippen LogP contribution in [-0.2, 0) is 4.79 Å². The van der Waals surface area contributed by atoms with Crippen molar-refractivity contribution in [3.05, 3.63) is 0 Å². The lowest BCUT2D eigenvalue weighted by atomic mass is 9.99. The van der Waals surface area contributed by atoms with Gasteiger partial charge in [-0.2, -0.15) is 11.8 Å². The number of rotatable bonds is 3. The Balaban J connectivity index is 1.84. The van der Waals surface area contributed by atoms with Gasteiger partial charge in [0.1, 0.15) is 0 Å². The third-order valence-corrected chi connectivity index (χ3v) is 5.33. The Morgan fingerprint density at radius 1 is 1.20 bits per heavy atom. The molecular weight excluding hydrogens is 208 g/mol. The molecule has 1 amide bonds. The van der Waals surface area contributed by atoms with Crippen LogP contribution in [0.25, 0.3) is 0 Å². The summed E-state index contributed by atoms with van der Waals surface area (Å²) in [6, 6.07) is 0. The van der Waals surface area contributed by atoms with Crippen molar-refractivity contribution in [3.8, 4) is 0 Å². The number of primary amides is 1. The van der Waals surface area contributed by atoms with Gasteiger partial charge in [-0.3, -0.25) is 4.79 Å². The third kappa shape index (κ3) is 2.48. The zero-order valence-electron chi connectivity index (χ0n) is 9.08. The summed E-state index contributed by atoms with van der Waals surface area (Å²) >= 11 is 2.05. The molecule has 0 spiro atoms. The fourth-order valence-corrected chi connectivity index (χ4v) is 4.46. The SMILES string of the molecule is NC(=O)C1(N)CCC(SC2CCCC2)C1. The topological polar surface area (TPSA) is 69.1 Å². The largest absolute Gasteiger partial charge is 0.368 e. The first-order valence-corrected chi connectivity index (χ1v) is 6.79. The molecule has 0 radical (unpaired) electrons. The Hall–Kier alpha value is -0.220. The summed E-state index contributed by atoms with van der Waals surface area (Å²) in [6.07, 6.45) is 8.03. The van der Waals surface area contributed by atoms with Crippen molar-refractivity contribution in [1.82, 2.24) is 0 Å². The highest BCUT2D eigenvalue weighted by Gasteiger charge is 2.41. The Morgan fingerprint density at radius 3 is 2.40 bits per heavy atom. The predicted octanol–water partition coefficient (Wildman–Crippen LogP) is 1.40. The molecule has 86 valence electrons. The van der Waals surface area contributed by atoms with Crippen molar-refractivity contribution >= 4 is 17.7 Å². The molecule has 3 nitrogen and oxygen atoms in total. The molecule has 0 saturated heterocycles. The van der Waals surface area contributed by atoms with Gasteiger partial charge in [0.25, 0.3) is 0 Å². The van der Waals surface area contributed by atoms with Crippen LogP contribution >= 0.6 is 11.8 Å². The highest BCUT2D eigenvalue weighted by molar-refractivity contribution is 8.00. The van der Waals surface area contributed by atoms with Crippen molar-refractivity contribution < 1.29 is 4.79 Å². The van der Waals surface area contributed by atoms with Crippen LogP contribution in [0.2, 0.25) is 0 Å². The van der Waals surface area contributed by atoms with E-state index in [-0.39, 0.29) is 5.91 Å². The maximum absolute atomic E-state index is 11.2. The zero-order chi connectivity index (χ0) is 10.9. The summed E-state index contributed by atoms with van der Waals surface area (Å²) in [5.41, 5.74) is 10.6. The Morgan fingerprint density at radius 2 is 1.87 bits per heavy atom. The van der Waals surface area contributed by atoms with E-state index < -0.39 is 5.54 Å². The minimum atomic E-state index is -0.712. The minimum absolute atomic E-state index is 0.322. The van der Waals surface area contributed by atoms with Crippen molar-refractivity contribution in [2.75, 3.05) is 0 Å². The number of hydrogen-bond acceptors (Lipinski definition) is 3. The summed E-state index contributed by atoms with van der Waals surface area (Å²) < 4.78 is 0. The molecule has 0 aromatic heterocycles. The van der Waals surface area contributed by atoms with Crippen LogP contribution in [0.4, 0.5) is 0 Å². The summed E-state index contributed by atoms with van der Waals surface area (Å²) in [6.45, 7) is 0. The molecule has 4 heteroatoms.